The van der Waals surface area contributed by atoms with Crippen LogP contribution in [0.4, 0.5) is 17.1 Å². The van der Waals surface area contributed by atoms with Crippen LogP contribution in [-0.2, 0) is 5.41 Å². The van der Waals surface area contributed by atoms with E-state index in [0.29, 0.717) is 0 Å². The Kier molecular flexibility index (Phi) is 6.73. The first-order valence-corrected chi connectivity index (χ1v) is 16.3. The fourth-order valence-corrected chi connectivity index (χ4v) is 7.83. The van der Waals surface area contributed by atoms with Gasteiger partial charge in [0.05, 0.1) is 0 Å². The van der Waals surface area contributed by atoms with Crippen molar-refractivity contribution in [2.75, 3.05) is 4.90 Å². The van der Waals surface area contributed by atoms with Crippen LogP contribution in [0.5, 0.6) is 0 Å². The van der Waals surface area contributed by atoms with Gasteiger partial charge in [-0.25, -0.2) is 0 Å². The highest BCUT2D eigenvalue weighted by Crippen LogP contribution is 2.43. The smallest absolute Gasteiger partial charge is 0.0476 e. The Labute approximate surface area is 268 Å². The summed E-state index contributed by atoms with van der Waals surface area (Å²) >= 11 is 1.89. The number of hydrogen-bond acceptors (Lipinski definition) is 2. The maximum atomic E-state index is 2.38. The number of anilines is 3. The van der Waals surface area contributed by atoms with Crippen LogP contribution in [0.1, 0.15) is 25.0 Å². The molecule has 0 aliphatic rings. The van der Waals surface area contributed by atoms with Gasteiger partial charge in [0.1, 0.15) is 0 Å². The predicted octanol–water partition coefficient (Wildman–Crippen LogP) is 12.7. The molecule has 0 aliphatic carbocycles. The molecule has 7 aromatic carbocycles. The Balaban J connectivity index is 1.25. The molecule has 1 aromatic heterocycles. The largest absolute Gasteiger partial charge is 0.310 e. The van der Waals surface area contributed by atoms with Gasteiger partial charge in [-0.3, -0.25) is 0 Å². The average molecular weight is 596 g/mol. The second-order valence-corrected chi connectivity index (χ2v) is 13.3. The Bertz CT molecular complexity index is 2260. The molecule has 8 aromatic rings. The van der Waals surface area contributed by atoms with E-state index in [4.69, 9.17) is 0 Å². The average Bonchev–Trinajstić information content (AvgIpc) is 3.48. The Morgan fingerprint density at radius 3 is 1.73 bits per heavy atom. The van der Waals surface area contributed by atoms with Crippen molar-refractivity contribution in [3.05, 3.63) is 175 Å². The molecule has 1 nitrogen and oxygen atoms in total. The molecule has 0 aliphatic heterocycles. The molecule has 0 fully saturated rings. The number of rotatable bonds is 6. The van der Waals surface area contributed by atoms with Gasteiger partial charge in [0.2, 0.25) is 0 Å². The number of nitrogens with zero attached hydrogens (tertiary/aromatic N) is 1. The first-order valence-electron chi connectivity index (χ1n) is 15.5. The monoisotopic (exact) mass is 595 g/mol. The quantitative estimate of drug-likeness (QED) is 0.185. The van der Waals surface area contributed by atoms with Gasteiger partial charge in [-0.05, 0) is 69.4 Å². The van der Waals surface area contributed by atoms with Crippen LogP contribution in [0.2, 0.25) is 0 Å². The van der Waals surface area contributed by atoms with Crippen molar-refractivity contribution in [1.29, 1.82) is 0 Å². The molecule has 0 amide bonds. The molecular weight excluding hydrogens is 563 g/mol. The third-order valence-electron chi connectivity index (χ3n) is 9.18. The van der Waals surface area contributed by atoms with Crippen LogP contribution in [0.15, 0.2) is 164 Å². The Morgan fingerprint density at radius 1 is 0.444 bits per heavy atom. The summed E-state index contributed by atoms with van der Waals surface area (Å²) in [4.78, 5) is 2.38. The third kappa shape index (κ3) is 4.88. The molecule has 8 rings (SSSR count). The molecule has 0 spiro atoms. The van der Waals surface area contributed by atoms with E-state index >= 15 is 0 Å². The summed E-state index contributed by atoms with van der Waals surface area (Å²) in [6.45, 7) is 4.60. The van der Waals surface area contributed by atoms with Crippen LogP contribution in [0.3, 0.4) is 0 Å². The van der Waals surface area contributed by atoms with Crippen molar-refractivity contribution in [1.82, 2.24) is 0 Å². The van der Waals surface area contributed by atoms with E-state index in [1.54, 1.807) is 0 Å². The van der Waals surface area contributed by atoms with E-state index in [2.05, 4.69) is 183 Å². The lowest BCUT2D eigenvalue weighted by Gasteiger charge is -2.29. The molecule has 0 bridgehead atoms. The molecule has 0 N–H and O–H groups in total. The summed E-state index contributed by atoms with van der Waals surface area (Å²) in [5.41, 5.74) is 8.38. The fraction of sp³-hybridized carbons (Fsp3) is 0.0698. The summed E-state index contributed by atoms with van der Waals surface area (Å²) in [6.07, 6.45) is 0. The zero-order valence-electron chi connectivity index (χ0n) is 25.4. The summed E-state index contributed by atoms with van der Waals surface area (Å²) in [5, 5.41) is 5.24. The van der Waals surface area contributed by atoms with Gasteiger partial charge in [-0.1, -0.05) is 141 Å². The number of benzene rings is 7. The van der Waals surface area contributed by atoms with Crippen molar-refractivity contribution in [2.45, 2.75) is 19.3 Å². The van der Waals surface area contributed by atoms with Crippen molar-refractivity contribution in [2.24, 2.45) is 0 Å². The minimum atomic E-state index is -0.0965. The van der Waals surface area contributed by atoms with Crippen molar-refractivity contribution in [3.63, 3.8) is 0 Å². The van der Waals surface area contributed by atoms with E-state index in [9.17, 15) is 0 Å². The Hall–Kier alpha value is -5.18. The standard InChI is InChI=1S/C43H33NS/c1-43(2,33-14-7-4-8-15-33)34-20-24-36(25-21-34)44(35-22-17-31(18-23-35)30-11-5-3-6-12-30)37-26-28-39-40-27-19-32-13-9-10-16-38(32)42(40)45-41(39)29-37/h3-29H,1-2H3. The minimum absolute atomic E-state index is 0.0965. The third-order valence-corrected chi connectivity index (χ3v) is 10.4. The molecule has 2 heteroatoms. The zero-order valence-corrected chi connectivity index (χ0v) is 26.3. The Morgan fingerprint density at radius 2 is 1.00 bits per heavy atom. The van der Waals surface area contributed by atoms with Gasteiger partial charge in [0.15, 0.2) is 0 Å². The SMILES string of the molecule is CC(C)(c1ccccc1)c1ccc(N(c2ccc(-c3ccccc3)cc2)c2ccc3c(c2)sc2c4ccccc4ccc32)cc1. The maximum absolute atomic E-state index is 2.38. The number of fused-ring (bicyclic) bond motifs is 5. The molecule has 0 saturated carbocycles. The summed E-state index contributed by atoms with van der Waals surface area (Å²) in [5.74, 6) is 0. The van der Waals surface area contributed by atoms with E-state index in [1.165, 1.54) is 53.2 Å². The molecule has 0 atom stereocenters. The predicted molar refractivity (Wildman–Crippen MR) is 196 cm³/mol. The second-order valence-electron chi connectivity index (χ2n) is 12.2. The lowest BCUT2D eigenvalue weighted by molar-refractivity contribution is 0.641. The first-order chi connectivity index (χ1) is 22.1. The number of thiophene rings is 1. The summed E-state index contributed by atoms with van der Waals surface area (Å²) in [7, 11) is 0. The molecule has 216 valence electrons. The lowest BCUT2D eigenvalue weighted by Crippen LogP contribution is -2.19. The van der Waals surface area contributed by atoms with Gasteiger partial charge < -0.3 is 4.90 Å². The lowest BCUT2D eigenvalue weighted by atomic mass is 9.78. The topological polar surface area (TPSA) is 3.24 Å². The fourth-order valence-electron chi connectivity index (χ4n) is 6.56. The number of hydrogen-bond donors (Lipinski definition) is 0. The highest BCUT2D eigenvalue weighted by atomic mass is 32.1. The zero-order chi connectivity index (χ0) is 30.4. The van der Waals surface area contributed by atoms with Crippen LogP contribution in [0.25, 0.3) is 42.1 Å². The molecule has 0 saturated heterocycles. The second kappa shape index (κ2) is 11.1. The van der Waals surface area contributed by atoms with Crippen LogP contribution >= 0.6 is 11.3 Å². The van der Waals surface area contributed by atoms with Crippen molar-refractivity contribution >= 4 is 59.3 Å². The molecule has 45 heavy (non-hydrogen) atoms. The van der Waals surface area contributed by atoms with Crippen molar-refractivity contribution < 1.29 is 0 Å². The summed E-state index contributed by atoms with van der Waals surface area (Å²) in [6, 6.07) is 59.6. The van der Waals surface area contributed by atoms with Gasteiger partial charge >= 0.3 is 0 Å². The van der Waals surface area contributed by atoms with Crippen LogP contribution in [0, 0.1) is 0 Å². The normalized spacial score (nSPS) is 11.8. The highest BCUT2D eigenvalue weighted by molar-refractivity contribution is 7.26. The van der Waals surface area contributed by atoms with Gasteiger partial charge in [-0.15, -0.1) is 11.3 Å². The summed E-state index contributed by atoms with van der Waals surface area (Å²) < 4.78 is 2.65. The molecule has 0 radical (unpaired) electrons. The van der Waals surface area contributed by atoms with Gasteiger partial charge in [-0.2, -0.15) is 0 Å². The van der Waals surface area contributed by atoms with Crippen LogP contribution in [-0.4, -0.2) is 0 Å². The van der Waals surface area contributed by atoms with Gasteiger partial charge in [0.25, 0.3) is 0 Å². The molecule has 0 unspecified atom stereocenters. The van der Waals surface area contributed by atoms with E-state index in [1.807, 2.05) is 11.3 Å². The molecule has 1 heterocycles. The van der Waals surface area contributed by atoms with Crippen molar-refractivity contribution in [3.8, 4) is 11.1 Å². The molecular formula is C43H33NS. The minimum Gasteiger partial charge on any atom is -0.310 e. The van der Waals surface area contributed by atoms with E-state index in [0.717, 1.165) is 17.1 Å². The maximum Gasteiger partial charge on any atom is 0.0476 e. The van der Waals surface area contributed by atoms with Crippen LogP contribution < -0.4 is 4.90 Å². The van der Waals surface area contributed by atoms with E-state index < -0.39 is 0 Å². The highest BCUT2D eigenvalue weighted by Gasteiger charge is 2.23. The first kappa shape index (κ1) is 27.4. The van der Waals surface area contributed by atoms with Gasteiger partial charge in [0, 0.05) is 42.6 Å². The van der Waals surface area contributed by atoms with E-state index in [-0.39, 0.29) is 5.41 Å².